The summed E-state index contributed by atoms with van der Waals surface area (Å²) < 4.78 is 21.2. The number of aryl methyl sites for hydroxylation is 1. The lowest BCUT2D eigenvalue weighted by Crippen LogP contribution is -2.22. The van der Waals surface area contributed by atoms with Gasteiger partial charge in [-0.2, -0.15) is 0 Å². The van der Waals surface area contributed by atoms with Gasteiger partial charge in [-0.3, -0.25) is 0 Å². The minimum Gasteiger partial charge on any atom is -0.380 e. The van der Waals surface area contributed by atoms with Crippen molar-refractivity contribution in [2.45, 2.75) is 13.8 Å². The van der Waals surface area contributed by atoms with Gasteiger partial charge in [-0.1, -0.05) is 41.2 Å². The summed E-state index contributed by atoms with van der Waals surface area (Å²) in [5.74, 6) is -0.497. The number of carbonyl (C=O) groups excluding carboxylic acids is 1. The molecule has 4 aromatic rings. The molecule has 0 spiro atoms. The summed E-state index contributed by atoms with van der Waals surface area (Å²) >= 11 is 1.31. The van der Waals surface area contributed by atoms with E-state index < -0.39 is 11.8 Å². The van der Waals surface area contributed by atoms with Crippen LogP contribution in [0.4, 0.5) is 31.6 Å². The fraction of sp³-hybridized carbons (Fsp3) is 0.231. The number of halogens is 1. The van der Waals surface area contributed by atoms with E-state index in [1.165, 1.54) is 23.6 Å². The smallest absolute Gasteiger partial charge is 0.323 e. The number of anilines is 4. The molecule has 0 radical (unpaired) electrons. The molecule has 0 atom stereocenters. The number of ether oxygens (including phenoxy) is 1. The van der Waals surface area contributed by atoms with Crippen LogP contribution >= 0.6 is 11.3 Å². The van der Waals surface area contributed by atoms with E-state index in [4.69, 9.17) is 15.5 Å². The number of nitrogens with one attached hydrogen (secondary N) is 2. The summed E-state index contributed by atoms with van der Waals surface area (Å²) in [6, 6.07) is 13.3. The molecule has 0 unspecified atom stereocenters. The molecule has 2 amide bonds. The van der Waals surface area contributed by atoms with Crippen LogP contribution in [0.2, 0.25) is 0 Å². The Labute approximate surface area is 218 Å². The molecule has 0 saturated heterocycles. The van der Waals surface area contributed by atoms with Gasteiger partial charge in [-0.05, 0) is 38.1 Å². The SMILES string of the molecule is CCOCCN(C)c1nc(-c2ccnc(N)n2)c(-c2cccc(NC(=O)Nc3ccc(C)cc3)c2F)s1. The number of nitrogens with two attached hydrogens (primary N) is 1. The average molecular weight is 522 g/mol. The molecule has 0 aliphatic carbocycles. The molecule has 192 valence electrons. The molecule has 2 heterocycles. The van der Waals surface area contributed by atoms with Crippen LogP contribution in [0, 0.1) is 12.7 Å². The molecule has 0 bridgehead atoms. The third-order valence-electron chi connectivity index (χ3n) is 5.44. The molecule has 0 fully saturated rings. The number of hydrogen-bond acceptors (Lipinski definition) is 8. The first-order valence-electron chi connectivity index (χ1n) is 11.7. The zero-order valence-corrected chi connectivity index (χ0v) is 21.6. The predicted molar refractivity (Wildman–Crippen MR) is 147 cm³/mol. The monoisotopic (exact) mass is 521 g/mol. The second kappa shape index (κ2) is 11.8. The van der Waals surface area contributed by atoms with Crippen LogP contribution in [0.15, 0.2) is 54.7 Å². The zero-order chi connectivity index (χ0) is 26.4. The largest absolute Gasteiger partial charge is 0.380 e. The summed E-state index contributed by atoms with van der Waals surface area (Å²) in [6.07, 6.45) is 1.53. The standard InChI is InChI=1S/C26H28FN7O2S/c1-4-36-15-14-34(3)26-33-22(20-12-13-29-24(28)31-20)23(37-26)18-6-5-7-19(21(18)27)32-25(35)30-17-10-8-16(2)9-11-17/h5-13H,4,14-15H2,1-3H3,(H2,28,29,31)(H2,30,32,35). The number of likely N-dealkylation sites (N-methyl/N-ethyl adjacent to an activating group) is 1. The molecule has 4 rings (SSSR count). The topological polar surface area (TPSA) is 118 Å². The molecule has 4 N–H and O–H groups in total. The van der Waals surface area contributed by atoms with Gasteiger partial charge < -0.3 is 26.0 Å². The second-order valence-electron chi connectivity index (χ2n) is 8.20. The number of nitrogen functional groups attached to an aromatic ring is 1. The first-order chi connectivity index (χ1) is 17.9. The number of amides is 2. The molecule has 2 aromatic carbocycles. The summed E-state index contributed by atoms with van der Waals surface area (Å²) in [6.45, 7) is 5.64. The number of carbonyl (C=O) groups is 1. The van der Waals surface area contributed by atoms with Gasteiger partial charge in [0.15, 0.2) is 10.9 Å². The van der Waals surface area contributed by atoms with Crippen LogP contribution in [-0.2, 0) is 4.74 Å². The van der Waals surface area contributed by atoms with Crippen LogP contribution < -0.4 is 21.3 Å². The van der Waals surface area contributed by atoms with E-state index in [0.717, 1.165) is 5.56 Å². The van der Waals surface area contributed by atoms with Crippen molar-refractivity contribution in [2.75, 3.05) is 48.1 Å². The molecule has 11 heteroatoms. The first kappa shape index (κ1) is 26.0. The van der Waals surface area contributed by atoms with Crippen molar-refractivity contribution in [2.24, 2.45) is 0 Å². The third-order valence-corrected chi connectivity index (χ3v) is 6.64. The minimum atomic E-state index is -0.586. The number of hydrogen-bond donors (Lipinski definition) is 3. The fourth-order valence-corrected chi connectivity index (χ4v) is 4.58. The molecular formula is C26H28FN7O2S. The lowest BCUT2D eigenvalue weighted by atomic mass is 10.1. The van der Waals surface area contributed by atoms with E-state index in [1.807, 2.05) is 37.9 Å². The number of aromatic nitrogens is 3. The van der Waals surface area contributed by atoms with Crippen molar-refractivity contribution >= 4 is 39.8 Å². The van der Waals surface area contributed by atoms with Crippen LogP contribution in [0.25, 0.3) is 21.8 Å². The second-order valence-corrected chi connectivity index (χ2v) is 9.18. The van der Waals surface area contributed by atoms with Crippen LogP contribution in [0.5, 0.6) is 0 Å². The highest BCUT2D eigenvalue weighted by Crippen LogP contribution is 2.41. The van der Waals surface area contributed by atoms with E-state index in [0.29, 0.717) is 46.8 Å². The van der Waals surface area contributed by atoms with Crippen molar-refractivity contribution < 1.29 is 13.9 Å². The van der Waals surface area contributed by atoms with Crippen molar-refractivity contribution in [1.29, 1.82) is 0 Å². The minimum absolute atomic E-state index is 0.0370. The Morgan fingerprint density at radius 2 is 1.92 bits per heavy atom. The molecule has 0 saturated carbocycles. The summed E-state index contributed by atoms with van der Waals surface area (Å²) in [7, 11) is 1.89. The molecule has 9 nitrogen and oxygen atoms in total. The maximum Gasteiger partial charge on any atom is 0.323 e. The summed E-state index contributed by atoms with van der Waals surface area (Å²) in [5.41, 5.74) is 8.74. The predicted octanol–water partition coefficient (Wildman–Crippen LogP) is 5.41. The molecule has 0 aliphatic rings. The van der Waals surface area contributed by atoms with Gasteiger partial charge in [0.2, 0.25) is 5.95 Å². The quantitative estimate of drug-likeness (QED) is 0.252. The summed E-state index contributed by atoms with van der Waals surface area (Å²) in [4.78, 5) is 28.0. The van der Waals surface area contributed by atoms with Gasteiger partial charge in [0.25, 0.3) is 0 Å². The normalized spacial score (nSPS) is 10.8. The van der Waals surface area contributed by atoms with E-state index in [1.54, 1.807) is 30.3 Å². The highest BCUT2D eigenvalue weighted by Gasteiger charge is 2.22. The Hall–Kier alpha value is -4.09. The van der Waals surface area contributed by atoms with Crippen molar-refractivity contribution in [1.82, 2.24) is 15.0 Å². The molecule has 2 aromatic heterocycles. The van der Waals surface area contributed by atoms with Gasteiger partial charge in [0.05, 0.1) is 22.9 Å². The Bertz CT molecular complexity index is 1380. The van der Waals surface area contributed by atoms with Gasteiger partial charge in [-0.15, -0.1) is 0 Å². The number of rotatable bonds is 9. The van der Waals surface area contributed by atoms with E-state index in [2.05, 4.69) is 20.6 Å². The Morgan fingerprint density at radius 1 is 1.14 bits per heavy atom. The lowest BCUT2D eigenvalue weighted by Gasteiger charge is -2.15. The first-order valence-corrected chi connectivity index (χ1v) is 12.5. The van der Waals surface area contributed by atoms with Gasteiger partial charge in [0, 0.05) is 37.6 Å². The maximum atomic E-state index is 15.8. The molecule has 37 heavy (non-hydrogen) atoms. The number of urea groups is 1. The van der Waals surface area contributed by atoms with Crippen molar-refractivity contribution in [3.05, 3.63) is 66.1 Å². The third kappa shape index (κ3) is 6.38. The van der Waals surface area contributed by atoms with Crippen molar-refractivity contribution in [3.63, 3.8) is 0 Å². The Balaban J connectivity index is 1.67. The molecule has 0 aliphatic heterocycles. The fourth-order valence-electron chi connectivity index (χ4n) is 3.50. The zero-order valence-electron chi connectivity index (χ0n) is 20.8. The highest BCUT2D eigenvalue weighted by atomic mass is 32.1. The van der Waals surface area contributed by atoms with E-state index in [-0.39, 0.29) is 17.2 Å². The van der Waals surface area contributed by atoms with Gasteiger partial charge >= 0.3 is 6.03 Å². The average Bonchev–Trinajstić information content (AvgIpc) is 3.32. The van der Waals surface area contributed by atoms with E-state index in [9.17, 15) is 4.79 Å². The highest BCUT2D eigenvalue weighted by molar-refractivity contribution is 7.19. The number of benzene rings is 2. The Kier molecular flexibility index (Phi) is 8.26. The molecular weight excluding hydrogens is 493 g/mol. The van der Waals surface area contributed by atoms with Gasteiger partial charge in [0.1, 0.15) is 5.69 Å². The number of thiazole rings is 1. The summed E-state index contributed by atoms with van der Waals surface area (Å²) in [5, 5.41) is 5.98. The van der Waals surface area contributed by atoms with Crippen LogP contribution in [0.1, 0.15) is 12.5 Å². The Morgan fingerprint density at radius 3 is 2.65 bits per heavy atom. The lowest BCUT2D eigenvalue weighted by molar-refractivity contribution is 0.154. The number of nitrogens with zero attached hydrogens (tertiary/aromatic N) is 4. The van der Waals surface area contributed by atoms with Crippen LogP contribution in [-0.4, -0.2) is 47.8 Å². The van der Waals surface area contributed by atoms with E-state index >= 15 is 4.39 Å². The van der Waals surface area contributed by atoms with Crippen molar-refractivity contribution in [3.8, 4) is 21.8 Å². The maximum absolute atomic E-state index is 15.8. The van der Waals surface area contributed by atoms with Crippen LogP contribution in [0.3, 0.4) is 0 Å². The van der Waals surface area contributed by atoms with Gasteiger partial charge in [-0.25, -0.2) is 24.1 Å².